The Labute approximate surface area is 192 Å². The number of fused-ring (bicyclic) bond motifs is 3. The largest absolute Gasteiger partial charge is 0.463 e. The fraction of sp³-hybridized carbons (Fsp3) is 0.440. The number of anilines is 1. The molecule has 6 nitrogen and oxygen atoms in total. The van der Waals surface area contributed by atoms with Crippen LogP contribution in [0.3, 0.4) is 0 Å². The van der Waals surface area contributed by atoms with Gasteiger partial charge in [-0.1, -0.05) is 43.4 Å². The van der Waals surface area contributed by atoms with Gasteiger partial charge in [-0.2, -0.15) is 0 Å². The van der Waals surface area contributed by atoms with Crippen LogP contribution in [0.5, 0.6) is 0 Å². The summed E-state index contributed by atoms with van der Waals surface area (Å²) in [7, 11) is 0. The molecule has 1 saturated carbocycles. The molecule has 1 fully saturated rings. The van der Waals surface area contributed by atoms with Crippen molar-refractivity contribution in [1.29, 1.82) is 0 Å². The molecule has 1 aliphatic carbocycles. The van der Waals surface area contributed by atoms with Gasteiger partial charge in [0.15, 0.2) is 5.58 Å². The highest BCUT2D eigenvalue weighted by Gasteiger charge is 2.49. The molecule has 0 bridgehead atoms. The van der Waals surface area contributed by atoms with Crippen LogP contribution in [-0.4, -0.2) is 28.0 Å². The second-order valence-corrected chi connectivity index (χ2v) is 9.73. The smallest absolute Gasteiger partial charge is 0.276 e. The zero-order chi connectivity index (χ0) is 22.5. The van der Waals surface area contributed by atoms with Crippen LogP contribution < -0.4 is 10.2 Å². The molecule has 5 rings (SSSR count). The van der Waals surface area contributed by atoms with Gasteiger partial charge in [-0.3, -0.25) is 14.5 Å². The molecule has 1 atom stereocenters. The number of furan rings is 1. The average molecular weight is 454 g/mol. The molecule has 1 aliphatic heterocycles. The predicted molar refractivity (Wildman–Crippen MR) is 125 cm³/mol. The van der Waals surface area contributed by atoms with Crippen molar-refractivity contribution in [1.82, 2.24) is 9.88 Å². The first kappa shape index (κ1) is 21.1. The van der Waals surface area contributed by atoms with Crippen molar-refractivity contribution in [3.05, 3.63) is 52.9 Å². The van der Waals surface area contributed by atoms with Crippen LogP contribution in [0.1, 0.15) is 61.5 Å². The van der Waals surface area contributed by atoms with Crippen molar-refractivity contribution in [3.8, 4) is 0 Å². The van der Waals surface area contributed by atoms with E-state index in [1.165, 1.54) is 12.8 Å². The van der Waals surface area contributed by atoms with Gasteiger partial charge in [-0.15, -0.1) is 0 Å². The molecule has 0 spiro atoms. The Kier molecular flexibility index (Phi) is 5.28. The lowest BCUT2D eigenvalue weighted by Crippen LogP contribution is -2.65. The molecule has 2 aromatic heterocycles. The minimum absolute atomic E-state index is 0.131. The molecule has 0 saturated heterocycles. The maximum Gasteiger partial charge on any atom is 0.276 e. The van der Waals surface area contributed by atoms with Crippen LogP contribution in [0.25, 0.3) is 11.1 Å². The lowest BCUT2D eigenvalue weighted by Gasteiger charge is -2.45. The highest BCUT2D eigenvalue weighted by Crippen LogP contribution is 2.38. The van der Waals surface area contributed by atoms with E-state index in [0.717, 1.165) is 36.8 Å². The summed E-state index contributed by atoms with van der Waals surface area (Å²) in [6, 6.07) is 9.19. The number of rotatable bonds is 3. The number of carbonyl (C=O) groups is 2. The quantitative estimate of drug-likeness (QED) is 0.536. The summed E-state index contributed by atoms with van der Waals surface area (Å²) in [5.74, 6) is -0.361. The summed E-state index contributed by atoms with van der Waals surface area (Å²) in [5.41, 5.74) is 2.41. The number of aryl methyl sites for hydroxylation is 1. The summed E-state index contributed by atoms with van der Waals surface area (Å²) in [5, 5.41) is 3.81. The molecule has 0 radical (unpaired) electrons. The minimum Gasteiger partial charge on any atom is -0.463 e. The molecular weight excluding hydrogens is 426 g/mol. The molecule has 168 valence electrons. The van der Waals surface area contributed by atoms with Crippen LogP contribution in [0, 0.1) is 6.92 Å². The summed E-state index contributed by atoms with van der Waals surface area (Å²) >= 11 is 6.32. The van der Waals surface area contributed by atoms with Crippen molar-refractivity contribution in [2.45, 2.75) is 70.5 Å². The number of halogens is 1. The van der Waals surface area contributed by atoms with Gasteiger partial charge in [0, 0.05) is 28.9 Å². The minimum atomic E-state index is -1.12. The van der Waals surface area contributed by atoms with Crippen LogP contribution in [-0.2, 0) is 11.3 Å². The molecule has 7 heteroatoms. The van der Waals surface area contributed by atoms with E-state index in [2.05, 4.69) is 5.32 Å². The fourth-order valence-corrected chi connectivity index (χ4v) is 5.34. The Morgan fingerprint density at radius 2 is 1.91 bits per heavy atom. The maximum absolute atomic E-state index is 13.9. The second kappa shape index (κ2) is 8.00. The lowest BCUT2D eigenvalue weighted by atomic mass is 9.92. The summed E-state index contributed by atoms with van der Waals surface area (Å²) in [6.07, 6.45) is 8.23. The second-order valence-electron chi connectivity index (χ2n) is 9.29. The number of nitrogens with zero attached hydrogens (tertiary/aromatic N) is 2. The van der Waals surface area contributed by atoms with Crippen molar-refractivity contribution in [2.24, 2.45) is 0 Å². The van der Waals surface area contributed by atoms with Crippen LogP contribution in [0.2, 0.25) is 5.02 Å². The van der Waals surface area contributed by atoms with E-state index in [9.17, 15) is 9.59 Å². The zero-order valence-electron chi connectivity index (χ0n) is 18.5. The average Bonchev–Trinajstić information content (AvgIpc) is 3.25. The molecule has 3 aromatic rings. The van der Waals surface area contributed by atoms with Gasteiger partial charge in [0.2, 0.25) is 5.91 Å². The van der Waals surface area contributed by atoms with Crippen molar-refractivity contribution >= 4 is 40.2 Å². The number of hydrogen-bond donors (Lipinski definition) is 1. The van der Waals surface area contributed by atoms with Gasteiger partial charge in [-0.25, -0.2) is 0 Å². The highest BCUT2D eigenvalue weighted by molar-refractivity contribution is 6.31. The third kappa shape index (κ3) is 3.41. The van der Waals surface area contributed by atoms with Gasteiger partial charge in [0.1, 0.15) is 11.2 Å². The monoisotopic (exact) mass is 453 g/mol. The number of amides is 2. The Morgan fingerprint density at radius 3 is 2.66 bits per heavy atom. The van der Waals surface area contributed by atoms with Crippen molar-refractivity contribution in [3.63, 3.8) is 0 Å². The predicted octanol–water partition coefficient (Wildman–Crippen LogP) is 5.45. The van der Waals surface area contributed by atoms with Crippen LogP contribution in [0.15, 0.2) is 41.0 Å². The number of hydrogen-bond acceptors (Lipinski definition) is 3. The van der Waals surface area contributed by atoms with Crippen LogP contribution in [0.4, 0.5) is 5.69 Å². The van der Waals surface area contributed by atoms with Crippen molar-refractivity contribution in [2.75, 3.05) is 4.90 Å². The topological polar surface area (TPSA) is 67.5 Å². The standard InChI is InChI=1S/C25H28ClN3O3/c1-16-9-10-17(26)13-20(16)29-23(30)21-14-22-19(11-12-32-22)28(21)15-25(29,2)24(31)27-18-7-5-3-4-6-8-18/h9-14,18H,3-8,15H2,1-2H3,(H,27,31)/t25-/m0/s1. The first-order valence-electron chi connectivity index (χ1n) is 11.4. The van der Waals surface area contributed by atoms with E-state index in [1.807, 2.05) is 30.5 Å². The normalized spacial score (nSPS) is 22.1. The van der Waals surface area contributed by atoms with Gasteiger partial charge in [0.05, 0.1) is 18.3 Å². The Morgan fingerprint density at radius 1 is 1.16 bits per heavy atom. The fourth-order valence-electron chi connectivity index (χ4n) is 5.18. The zero-order valence-corrected chi connectivity index (χ0v) is 19.2. The molecule has 2 amide bonds. The van der Waals surface area contributed by atoms with Gasteiger partial charge in [-0.05, 0) is 44.4 Å². The van der Waals surface area contributed by atoms with Gasteiger partial charge < -0.3 is 14.3 Å². The molecule has 32 heavy (non-hydrogen) atoms. The Balaban J connectivity index is 1.61. The van der Waals surface area contributed by atoms with E-state index in [1.54, 1.807) is 29.4 Å². The highest BCUT2D eigenvalue weighted by atomic mass is 35.5. The summed E-state index contributed by atoms with van der Waals surface area (Å²) in [4.78, 5) is 29.3. The molecule has 0 unspecified atom stereocenters. The molecule has 1 aromatic carbocycles. The molecule has 1 N–H and O–H groups in total. The SMILES string of the molecule is Cc1ccc(Cl)cc1N1C(=O)c2cc3occc3n2C[C@@]1(C)C(=O)NC1CCCCCC1. The van der Waals surface area contributed by atoms with Crippen molar-refractivity contribution < 1.29 is 14.0 Å². The lowest BCUT2D eigenvalue weighted by molar-refractivity contribution is -0.127. The molecular formula is C25H28ClN3O3. The summed E-state index contributed by atoms with van der Waals surface area (Å²) in [6.45, 7) is 4.12. The van der Waals surface area contributed by atoms with E-state index in [4.69, 9.17) is 16.0 Å². The van der Waals surface area contributed by atoms with E-state index < -0.39 is 5.54 Å². The van der Waals surface area contributed by atoms with E-state index in [-0.39, 0.29) is 17.9 Å². The third-order valence-electron chi connectivity index (χ3n) is 7.00. The number of aromatic nitrogens is 1. The Hall–Kier alpha value is -2.73. The maximum atomic E-state index is 13.9. The third-order valence-corrected chi connectivity index (χ3v) is 7.23. The first-order chi connectivity index (χ1) is 15.4. The van der Waals surface area contributed by atoms with Gasteiger partial charge >= 0.3 is 0 Å². The van der Waals surface area contributed by atoms with E-state index in [0.29, 0.717) is 28.5 Å². The first-order valence-corrected chi connectivity index (χ1v) is 11.7. The number of carbonyl (C=O) groups excluding carboxylic acids is 2. The van der Waals surface area contributed by atoms with Crippen LogP contribution >= 0.6 is 11.6 Å². The number of nitrogens with one attached hydrogen (secondary N) is 1. The summed E-state index contributed by atoms with van der Waals surface area (Å²) < 4.78 is 7.46. The van der Waals surface area contributed by atoms with E-state index >= 15 is 0 Å². The molecule has 2 aliphatic rings. The number of benzene rings is 1. The Bertz CT molecular complexity index is 1190. The molecule has 3 heterocycles. The van der Waals surface area contributed by atoms with Gasteiger partial charge in [0.25, 0.3) is 5.91 Å².